The Hall–Kier alpha value is -1.96. The molecule has 0 spiro atoms. The summed E-state index contributed by atoms with van der Waals surface area (Å²) >= 11 is 5.48. The molecule has 27 heavy (non-hydrogen) atoms. The molecule has 0 aliphatic carbocycles. The first-order valence-electron chi connectivity index (χ1n) is 9.38. The van der Waals surface area contributed by atoms with Gasteiger partial charge >= 0.3 is 0 Å². The van der Waals surface area contributed by atoms with Crippen molar-refractivity contribution in [2.45, 2.75) is 20.4 Å². The van der Waals surface area contributed by atoms with Crippen LogP contribution >= 0.6 is 12.2 Å². The molecule has 2 N–H and O–H groups in total. The summed E-state index contributed by atoms with van der Waals surface area (Å²) < 4.78 is 5.41. The Kier molecular flexibility index (Phi) is 6.46. The molecular formula is C20H28N4O2S. The fraction of sp³-hybridized carbons (Fsp3) is 0.500. The van der Waals surface area contributed by atoms with Crippen LogP contribution in [-0.4, -0.2) is 66.3 Å². The molecule has 1 saturated heterocycles. The first kappa shape index (κ1) is 19.8. The Balaban J connectivity index is 1.81. The Morgan fingerprint density at radius 3 is 2.74 bits per heavy atom. The lowest BCUT2D eigenvalue weighted by Gasteiger charge is -2.31. The summed E-state index contributed by atoms with van der Waals surface area (Å²) in [5, 5.41) is 4.77. The highest BCUT2D eigenvalue weighted by Gasteiger charge is 2.16. The molecule has 1 aliphatic heterocycles. The van der Waals surface area contributed by atoms with Crippen molar-refractivity contribution in [2.75, 3.05) is 46.4 Å². The summed E-state index contributed by atoms with van der Waals surface area (Å²) in [6.45, 7) is 9.68. The topological polar surface area (TPSA) is 60.6 Å². The van der Waals surface area contributed by atoms with Gasteiger partial charge in [0.15, 0.2) is 5.11 Å². The average molecular weight is 389 g/mol. The van der Waals surface area contributed by atoms with Crippen LogP contribution < -0.4 is 10.9 Å². The predicted octanol–water partition coefficient (Wildman–Crippen LogP) is 1.78. The molecule has 0 amide bonds. The minimum atomic E-state index is -0.0512. The number of aromatic nitrogens is 1. The summed E-state index contributed by atoms with van der Waals surface area (Å²) in [5.41, 5.74) is 3.86. The molecule has 6 nitrogen and oxygen atoms in total. The van der Waals surface area contributed by atoms with Crippen LogP contribution in [0.25, 0.3) is 10.9 Å². The second-order valence-electron chi connectivity index (χ2n) is 7.10. The van der Waals surface area contributed by atoms with Crippen LogP contribution in [0, 0.1) is 13.8 Å². The van der Waals surface area contributed by atoms with Gasteiger partial charge < -0.3 is 19.9 Å². The zero-order valence-electron chi connectivity index (χ0n) is 16.3. The summed E-state index contributed by atoms with van der Waals surface area (Å²) in [4.78, 5) is 20.1. The third kappa shape index (κ3) is 4.86. The van der Waals surface area contributed by atoms with Crippen LogP contribution in [0.5, 0.6) is 0 Å². The van der Waals surface area contributed by atoms with Gasteiger partial charge in [-0.2, -0.15) is 0 Å². The number of rotatable bonds is 5. The summed E-state index contributed by atoms with van der Waals surface area (Å²) in [5.74, 6) is 0. The maximum atomic E-state index is 12.6. The van der Waals surface area contributed by atoms with E-state index in [0.29, 0.717) is 11.7 Å². The highest BCUT2D eigenvalue weighted by atomic mass is 32.1. The number of hydrogen-bond donors (Lipinski definition) is 2. The van der Waals surface area contributed by atoms with E-state index in [1.807, 2.05) is 20.0 Å². The third-order valence-corrected chi connectivity index (χ3v) is 5.48. The molecule has 2 heterocycles. The van der Waals surface area contributed by atoms with E-state index in [9.17, 15) is 4.79 Å². The van der Waals surface area contributed by atoms with Crippen LogP contribution in [0.1, 0.15) is 16.7 Å². The first-order valence-corrected chi connectivity index (χ1v) is 9.78. The van der Waals surface area contributed by atoms with Gasteiger partial charge in [0.2, 0.25) is 0 Å². The second kappa shape index (κ2) is 8.82. The van der Waals surface area contributed by atoms with E-state index in [0.717, 1.165) is 61.4 Å². The van der Waals surface area contributed by atoms with Gasteiger partial charge in [-0.3, -0.25) is 9.69 Å². The van der Waals surface area contributed by atoms with Gasteiger partial charge in [0.1, 0.15) is 0 Å². The van der Waals surface area contributed by atoms with Gasteiger partial charge in [-0.15, -0.1) is 0 Å². The lowest BCUT2D eigenvalue weighted by atomic mass is 10.1. The van der Waals surface area contributed by atoms with Crippen molar-refractivity contribution in [1.29, 1.82) is 0 Å². The Morgan fingerprint density at radius 2 is 2.04 bits per heavy atom. The first-order chi connectivity index (χ1) is 13.0. The Bertz CT molecular complexity index is 874. The number of benzene rings is 1. The number of nitrogens with one attached hydrogen (secondary N) is 2. The maximum Gasteiger partial charge on any atom is 0.253 e. The number of thiocarbonyl (C=S) groups is 1. The summed E-state index contributed by atoms with van der Waals surface area (Å²) in [6.07, 6.45) is 0. The van der Waals surface area contributed by atoms with E-state index in [1.54, 1.807) is 0 Å². The van der Waals surface area contributed by atoms with Crippen molar-refractivity contribution in [3.05, 3.63) is 45.2 Å². The molecule has 1 aliphatic rings. The Morgan fingerprint density at radius 1 is 1.30 bits per heavy atom. The number of fused-ring (bicyclic) bond motifs is 1. The lowest BCUT2D eigenvalue weighted by molar-refractivity contribution is 0.0357. The van der Waals surface area contributed by atoms with Gasteiger partial charge in [-0.25, -0.2) is 0 Å². The molecule has 1 fully saturated rings. The van der Waals surface area contributed by atoms with Gasteiger partial charge in [-0.1, -0.05) is 11.6 Å². The SMILES string of the molecule is CNC(=S)N(CCN1CCOCC1)Cc1cc2cc(C)cc(C)c2[nH]c1=O. The molecule has 0 radical (unpaired) electrons. The largest absolute Gasteiger partial charge is 0.379 e. The quantitative estimate of drug-likeness (QED) is 0.762. The number of nitrogens with zero attached hydrogens (tertiary/aromatic N) is 2. The number of aromatic amines is 1. The highest BCUT2D eigenvalue weighted by molar-refractivity contribution is 7.80. The standard InChI is InChI=1S/C20H28N4O2S/c1-14-10-15(2)18-16(11-14)12-17(19(25)22-18)13-24(20(27)21-3)5-4-23-6-8-26-9-7-23/h10-12H,4-9,13H2,1-3H3,(H,21,27)(H,22,25). The number of aryl methyl sites for hydroxylation is 2. The van der Waals surface area contributed by atoms with E-state index in [4.69, 9.17) is 17.0 Å². The number of hydrogen-bond acceptors (Lipinski definition) is 4. The van der Waals surface area contributed by atoms with E-state index >= 15 is 0 Å². The second-order valence-corrected chi connectivity index (χ2v) is 7.49. The van der Waals surface area contributed by atoms with E-state index < -0.39 is 0 Å². The molecule has 7 heteroatoms. The molecule has 0 bridgehead atoms. The highest BCUT2D eigenvalue weighted by Crippen LogP contribution is 2.18. The van der Waals surface area contributed by atoms with Crippen LogP contribution in [0.3, 0.4) is 0 Å². The third-order valence-electron chi connectivity index (χ3n) is 5.02. The van der Waals surface area contributed by atoms with Crippen molar-refractivity contribution in [3.63, 3.8) is 0 Å². The zero-order valence-corrected chi connectivity index (χ0v) is 17.1. The fourth-order valence-corrected chi connectivity index (χ4v) is 3.71. The maximum absolute atomic E-state index is 12.6. The van der Waals surface area contributed by atoms with Crippen LogP contribution in [0.15, 0.2) is 23.0 Å². The number of pyridine rings is 1. The molecule has 2 aromatic rings. The van der Waals surface area contributed by atoms with Gasteiger partial charge in [0.05, 0.1) is 25.3 Å². The van der Waals surface area contributed by atoms with Crippen molar-refractivity contribution in [3.8, 4) is 0 Å². The van der Waals surface area contributed by atoms with Gasteiger partial charge in [-0.05, 0) is 49.1 Å². The number of H-pyrrole nitrogens is 1. The number of morpholine rings is 1. The van der Waals surface area contributed by atoms with Gasteiger partial charge in [0, 0.05) is 38.8 Å². The molecule has 1 aromatic heterocycles. The monoisotopic (exact) mass is 388 g/mol. The zero-order chi connectivity index (χ0) is 19.4. The van der Waals surface area contributed by atoms with Crippen molar-refractivity contribution < 1.29 is 4.74 Å². The average Bonchev–Trinajstić information content (AvgIpc) is 2.66. The van der Waals surface area contributed by atoms with Crippen molar-refractivity contribution >= 4 is 28.2 Å². The van der Waals surface area contributed by atoms with Crippen LogP contribution in [0.4, 0.5) is 0 Å². The molecule has 146 valence electrons. The molecule has 1 aromatic carbocycles. The molecule has 3 rings (SSSR count). The Labute approximate surface area is 165 Å². The van der Waals surface area contributed by atoms with Crippen molar-refractivity contribution in [1.82, 2.24) is 20.1 Å². The predicted molar refractivity (Wildman–Crippen MR) is 113 cm³/mol. The summed E-state index contributed by atoms with van der Waals surface area (Å²) in [6, 6.07) is 6.19. The molecule has 0 unspecified atom stereocenters. The minimum Gasteiger partial charge on any atom is -0.379 e. The van der Waals surface area contributed by atoms with Crippen LogP contribution in [-0.2, 0) is 11.3 Å². The summed E-state index contributed by atoms with van der Waals surface area (Å²) in [7, 11) is 1.82. The van der Waals surface area contributed by atoms with Gasteiger partial charge in [0.25, 0.3) is 5.56 Å². The van der Waals surface area contributed by atoms with Crippen LogP contribution in [0.2, 0.25) is 0 Å². The fourth-order valence-electron chi connectivity index (χ4n) is 3.55. The van der Waals surface area contributed by atoms with Crippen molar-refractivity contribution in [2.24, 2.45) is 0 Å². The number of ether oxygens (including phenoxy) is 1. The smallest absolute Gasteiger partial charge is 0.253 e. The molecule has 0 saturated carbocycles. The molecular weight excluding hydrogens is 360 g/mol. The lowest BCUT2D eigenvalue weighted by Crippen LogP contribution is -2.45. The van der Waals surface area contributed by atoms with E-state index in [1.165, 1.54) is 5.56 Å². The normalized spacial score (nSPS) is 15.1. The van der Waals surface area contributed by atoms with E-state index in [-0.39, 0.29) is 5.56 Å². The minimum absolute atomic E-state index is 0.0512. The van der Waals surface area contributed by atoms with E-state index in [2.05, 4.69) is 39.2 Å². The molecule has 0 atom stereocenters.